The molecule has 1 aromatic carbocycles. The summed E-state index contributed by atoms with van der Waals surface area (Å²) in [6, 6.07) is 6.77. The zero-order valence-corrected chi connectivity index (χ0v) is 21.8. The van der Waals surface area contributed by atoms with Crippen LogP contribution in [0.5, 0.6) is 0 Å². The van der Waals surface area contributed by atoms with Crippen LogP contribution >= 0.6 is 23.2 Å². The third-order valence-electron chi connectivity index (χ3n) is 7.33. The topological polar surface area (TPSA) is 44.8 Å². The first-order chi connectivity index (χ1) is 15.7. The average molecular weight is 497 g/mol. The number of hydrogen-bond acceptors (Lipinski definition) is 4. The summed E-state index contributed by atoms with van der Waals surface area (Å²) in [5.74, 6) is 1.53. The van der Waals surface area contributed by atoms with Crippen molar-refractivity contribution >= 4 is 35.0 Å². The van der Waals surface area contributed by atoms with Crippen LogP contribution in [-0.4, -0.2) is 54.9 Å². The van der Waals surface area contributed by atoms with Gasteiger partial charge in [-0.15, -0.1) is 0 Å². The number of rotatable bonds is 6. The average Bonchev–Trinajstić information content (AvgIpc) is 3.59. The molecule has 1 aliphatic heterocycles. The quantitative estimate of drug-likeness (QED) is 0.497. The lowest BCUT2D eigenvalue weighted by Gasteiger charge is -2.44. The maximum Gasteiger partial charge on any atom is 0.407 e. The number of nitrogens with zero attached hydrogens (tertiary/aromatic N) is 2. The molecule has 33 heavy (non-hydrogen) atoms. The van der Waals surface area contributed by atoms with E-state index in [4.69, 9.17) is 27.9 Å². The molecule has 1 heterocycles. The summed E-state index contributed by atoms with van der Waals surface area (Å²) in [7, 11) is 0. The lowest BCUT2D eigenvalue weighted by Crippen LogP contribution is -2.54. The van der Waals surface area contributed by atoms with Gasteiger partial charge in [0.25, 0.3) is 0 Å². The van der Waals surface area contributed by atoms with Crippen LogP contribution in [0.2, 0.25) is 10.0 Å². The normalized spacial score (nSPS) is 26.8. The second-order valence-corrected chi connectivity index (χ2v) is 11.9. The maximum absolute atomic E-state index is 12.0. The van der Waals surface area contributed by atoms with Crippen LogP contribution in [0.25, 0.3) is 0 Å². The molecule has 2 saturated carbocycles. The van der Waals surface area contributed by atoms with E-state index in [1.54, 1.807) is 0 Å². The van der Waals surface area contributed by atoms with Crippen LogP contribution in [0, 0.1) is 11.8 Å². The van der Waals surface area contributed by atoms with E-state index in [0.29, 0.717) is 16.1 Å². The van der Waals surface area contributed by atoms with E-state index in [1.807, 2.05) is 32.9 Å². The second-order valence-electron chi connectivity index (χ2n) is 11.1. The minimum absolute atomic E-state index is 0.251. The highest BCUT2D eigenvalue weighted by Gasteiger charge is 2.39. The first-order valence-corrected chi connectivity index (χ1v) is 13.4. The van der Waals surface area contributed by atoms with E-state index in [-0.39, 0.29) is 12.1 Å². The molecular formula is C26H39Cl2N3O2. The lowest BCUT2D eigenvalue weighted by molar-refractivity contribution is 0.0485. The number of carbonyl (C=O) groups is 1. The van der Waals surface area contributed by atoms with Crippen molar-refractivity contribution in [3.05, 3.63) is 28.2 Å². The zero-order valence-electron chi connectivity index (χ0n) is 20.3. The number of carbonyl (C=O) groups excluding carboxylic acids is 1. The number of benzene rings is 1. The van der Waals surface area contributed by atoms with Crippen molar-refractivity contribution in [3.63, 3.8) is 0 Å². The summed E-state index contributed by atoms with van der Waals surface area (Å²) in [5.41, 5.74) is 0.651. The first kappa shape index (κ1) is 24.9. The number of alkyl carbamates (subject to hydrolysis) is 1. The third-order valence-corrected chi connectivity index (χ3v) is 8.14. The first-order valence-electron chi connectivity index (χ1n) is 12.6. The molecule has 3 aliphatic rings. The number of piperazine rings is 1. The van der Waals surface area contributed by atoms with E-state index in [1.165, 1.54) is 32.1 Å². The number of ether oxygens (including phenoxy) is 1. The van der Waals surface area contributed by atoms with E-state index in [9.17, 15) is 4.79 Å². The summed E-state index contributed by atoms with van der Waals surface area (Å²) in [4.78, 5) is 17.2. The molecule has 0 radical (unpaired) electrons. The van der Waals surface area contributed by atoms with E-state index in [0.717, 1.165) is 56.5 Å². The number of nitrogens with one attached hydrogen (secondary N) is 1. The smallest absolute Gasteiger partial charge is 0.407 e. The summed E-state index contributed by atoms with van der Waals surface area (Å²) >= 11 is 12.9. The SMILES string of the molecule is CC(C)(C)OC(=O)NC1CCC(CCN2CCN(c3cccc(Cl)c3Cl)[C@H](C3CC3)C2)CC1. The van der Waals surface area contributed by atoms with Crippen molar-refractivity contribution in [2.75, 3.05) is 31.1 Å². The Balaban J connectivity index is 1.23. The molecule has 1 aromatic rings. The minimum atomic E-state index is -0.443. The standard InChI is InChI=1S/C26H39Cl2N3O2/c1-26(2,3)33-25(32)29-20-11-7-18(8-12-20)13-14-30-15-16-31(23(17-30)19-9-10-19)22-6-4-5-21(27)24(22)28/h4-6,18-20,23H,7-17H2,1-3H3,(H,29,32)/t18?,20?,23-/m0/s1. The second kappa shape index (κ2) is 10.6. The van der Waals surface area contributed by atoms with Gasteiger partial charge >= 0.3 is 6.09 Å². The van der Waals surface area contributed by atoms with Gasteiger partial charge in [0.15, 0.2) is 0 Å². The van der Waals surface area contributed by atoms with Crippen molar-refractivity contribution in [1.82, 2.24) is 10.2 Å². The van der Waals surface area contributed by atoms with Crippen molar-refractivity contribution in [1.29, 1.82) is 0 Å². The molecule has 0 aromatic heterocycles. The molecule has 2 aliphatic carbocycles. The van der Waals surface area contributed by atoms with E-state index >= 15 is 0 Å². The summed E-state index contributed by atoms with van der Waals surface area (Å²) in [5, 5.41) is 4.39. The van der Waals surface area contributed by atoms with Crippen molar-refractivity contribution in [2.24, 2.45) is 11.8 Å². The van der Waals surface area contributed by atoms with E-state index in [2.05, 4.69) is 21.2 Å². The predicted molar refractivity (Wildman–Crippen MR) is 136 cm³/mol. The molecule has 4 rings (SSSR count). The van der Waals surface area contributed by atoms with Gasteiger partial charge in [-0.25, -0.2) is 4.79 Å². The lowest BCUT2D eigenvalue weighted by atomic mass is 9.84. The van der Waals surface area contributed by atoms with Crippen LogP contribution in [0.15, 0.2) is 18.2 Å². The van der Waals surface area contributed by atoms with Gasteiger partial charge in [0, 0.05) is 31.7 Å². The van der Waals surface area contributed by atoms with Crippen molar-refractivity contribution < 1.29 is 9.53 Å². The highest BCUT2D eigenvalue weighted by atomic mass is 35.5. The fraction of sp³-hybridized carbons (Fsp3) is 0.731. The van der Waals surface area contributed by atoms with Crippen LogP contribution in [0.4, 0.5) is 10.5 Å². The Bertz CT molecular complexity index is 816. The van der Waals surface area contributed by atoms with Gasteiger partial charge in [-0.1, -0.05) is 29.3 Å². The van der Waals surface area contributed by atoms with Crippen molar-refractivity contribution in [2.45, 2.75) is 83.4 Å². The minimum Gasteiger partial charge on any atom is -0.444 e. The predicted octanol–water partition coefficient (Wildman–Crippen LogP) is 6.37. The monoisotopic (exact) mass is 495 g/mol. The maximum atomic E-state index is 12.0. The van der Waals surface area contributed by atoms with Gasteiger partial charge in [0.2, 0.25) is 0 Å². The van der Waals surface area contributed by atoms with E-state index < -0.39 is 5.60 Å². The molecule has 0 spiro atoms. The Morgan fingerprint density at radius 3 is 2.48 bits per heavy atom. The van der Waals surface area contributed by atoms with Gasteiger partial charge in [-0.2, -0.15) is 0 Å². The van der Waals surface area contributed by atoms with Crippen LogP contribution in [-0.2, 0) is 4.74 Å². The zero-order chi connectivity index (χ0) is 23.6. The Hall–Kier alpha value is -1.17. The molecule has 0 unspecified atom stereocenters. The Kier molecular flexibility index (Phi) is 8.02. The van der Waals surface area contributed by atoms with Crippen LogP contribution < -0.4 is 10.2 Å². The van der Waals surface area contributed by atoms with Gasteiger partial charge in [0.1, 0.15) is 5.60 Å². The highest BCUT2D eigenvalue weighted by Crippen LogP contribution is 2.42. The van der Waals surface area contributed by atoms with Crippen molar-refractivity contribution in [3.8, 4) is 0 Å². The molecule has 184 valence electrons. The molecule has 0 bridgehead atoms. The number of anilines is 1. The number of amides is 1. The highest BCUT2D eigenvalue weighted by molar-refractivity contribution is 6.43. The Labute approximate surface area is 209 Å². The number of halogens is 2. The molecule has 1 amide bonds. The van der Waals surface area contributed by atoms with Crippen LogP contribution in [0.1, 0.15) is 65.7 Å². The molecule has 1 N–H and O–H groups in total. The van der Waals surface area contributed by atoms with Gasteiger partial charge in [-0.3, -0.25) is 4.90 Å². The summed E-state index contributed by atoms with van der Waals surface area (Å²) in [6.07, 6.45) is 8.08. The summed E-state index contributed by atoms with van der Waals surface area (Å²) in [6.45, 7) is 10.1. The molecular weight excluding hydrogens is 457 g/mol. The Morgan fingerprint density at radius 1 is 1.09 bits per heavy atom. The molecule has 7 heteroatoms. The molecule has 5 nitrogen and oxygen atoms in total. The fourth-order valence-corrected chi connectivity index (χ4v) is 5.81. The fourth-order valence-electron chi connectivity index (χ4n) is 5.41. The third kappa shape index (κ3) is 6.93. The molecule has 1 atom stereocenters. The largest absolute Gasteiger partial charge is 0.444 e. The van der Waals surface area contributed by atoms with Gasteiger partial charge in [-0.05, 0) is 96.2 Å². The van der Waals surface area contributed by atoms with Gasteiger partial charge in [0.05, 0.1) is 15.7 Å². The molecule has 3 fully saturated rings. The Morgan fingerprint density at radius 2 is 1.82 bits per heavy atom. The van der Waals surface area contributed by atoms with Gasteiger partial charge < -0.3 is 15.0 Å². The molecule has 1 saturated heterocycles. The number of hydrogen-bond donors (Lipinski definition) is 1. The van der Waals surface area contributed by atoms with Crippen LogP contribution in [0.3, 0.4) is 0 Å². The summed E-state index contributed by atoms with van der Waals surface area (Å²) < 4.78 is 5.41.